The fraction of sp³-hybridized carbons (Fsp3) is 0.522. The number of allylic oxidation sites excluding steroid dienone is 2. The summed E-state index contributed by atoms with van der Waals surface area (Å²) in [4.78, 5) is 12.2. The number of hydrogen-bond acceptors (Lipinski definition) is 1. The van der Waals surface area contributed by atoms with Gasteiger partial charge in [0.1, 0.15) is 0 Å². The highest BCUT2D eigenvalue weighted by atomic mass is 16.1. The van der Waals surface area contributed by atoms with Gasteiger partial charge in [0.05, 0.1) is 5.52 Å². The third-order valence-corrected chi connectivity index (χ3v) is 4.97. The van der Waals surface area contributed by atoms with Crippen molar-refractivity contribution in [2.75, 3.05) is 0 Å². The molecule has 0 amide bonds. The Morgan fingerprint density at radius 2 is 1.60 bits per heavy atom. The van der Waals surface area contributed by atoms with E-state index < -0.39 is 0 Å². The van der Waals surface area contributed by atoms with Gasteiger partial charge in [-0.1, -0.05) is 63.3 Å². The first-order valence-corrected chi connectivity index (χ1v) is 9.96. The van der Waals surface area contributed by atoms with Crippen LogP contribution in [0.3, 0.4) is 0 Å². The Kier molecular flexibility index (Phi) is 8.51. The first kappa shape index (κ1) is 19.5. The van der Waals surface area contributed by atoms with E-state index in [-0.39, 0.29) is 5.43 Å². The molecule has 0 bridgehead atoms. The highest BCUT2D eigenvalue weighted by Gasteiger charge is 2.05. The number of benzene rings is 1. The van der Waals surface area contributed by atoms with Crippen LogP contribution in [0.2, 0.25) is 0 Å². The molecule has 0 aliphatic carbocycles. The van der Waals surface area contributed by atoms with Gasteiger partial charge in [0.2, 0.25) is 0 Å². The molecule has 0 unspecified atom stereocenters. The molecular weight excluding hydrogens is 306 g/mol. The molecule has 1 aromatic heterocycles. The molecule has 0 aliphatic heterocycles. The predicted molar refractivity (Wildman–Crippen MR) is 109 cm³/mol. The van der Waals surface area contributed by atoms with Crippen LogP contribution in [-0.2, 0) is 13.5 Å². The van der Waals surface area contributed by atoms with E-state index in [1.807, 2.05) is 30.3 Å². The van der Waals surface area contributed by atoms with Crippen LogP contribution >= 0.6 is 0 Å². The lowest BCUT2D eigenvalue weighted by Crippen LogP contribution is -2.11. The van der Waals surface area contributed by atoms with Gasteiger partial charge in [0.15, 0.2) is 5.43 Å². The predicted octanol–water partition coefficient (Wildman–Crippen LogP) is 6.17. The van der Waals surface area contributed by atoms with E-state index in [4.69, 9.17) is 0 Å². The number of aromatic nitrogens is 1. The largest absolute Gasteiger partial charge is 0.347 e. The van der Waals surface area contributed by atoms with Crippen LogP contribution in [0, 0.1) is 0 Å². The van der Waals surface area contributed by atoms with E-state index in [1.165, 1.54) is 51.4 Å². The molecule has 1 aromatic carbocycles. The van der Waals surface area contributed by atoms with Gasteiger partial charge in [-0.05, 0) is 44.2 Å². The lowest BCUT2D eigenvalue weighted by atomic mass is 10.1. The number of rotatable bonds is 11. The summed E-state index contributed by atoms with van der Waals surface area (Å²) in [6.45, 7) is 2.19. The third kappa shape index (κ3) is 6.19. The van der Waals surface area contributed by atoms with Crippen LogP contribution < -0.4 is 5.43 Å². The maximum atomic E-state index is 12.2. The minimum absolute atomic E-state index is 0.154. The lowest BCUT2D eigenvalue weighted by Gasteiger charge is -2.12. The van der Waals surface area contributed by atoms with Crippen LogP contribution in [0.4, 0.5) is 0 Å². The van der Waals surface area contributed by atoms with Gasteiger partial charge >= 0.3 is 0 Å². The summed E-state index contributed by atoms with van der Waals surface area (Å²) in [5, 5.41) is 0.822. The van der Waals surface area contributed by atoms with E-state index in [1.54, 1.807) is 0 Å². The number of hydrogen-bond donors (Lipinski definition) is 0. The first-order chi connectivity index (χ1) is 12.2. The van der Waals surface area contributed by atoms with Crippen LogP contribution in [0.1, 0.15) is 70.4 Å². The maximum absolute atomic E-state index is 12.2. The van der Waals surface area contributed by atoms with Gasteiger partial charge in [-0.15, -0.1) is 0 Å². The molecule has 2 rings (SSSR count). The Morgan fingerprint density at radius 1 is 0.920 bits per heavy atom. The normalized spacial score (nSPS) is 11.6. The van der Waals surface area contributed by atoms with Crippen molar-refractivity contribution in [2.24, 2.45) is 7.05 Å². The summed E-state index contributed by atoms with van der Waals surface area (Å²) in [6, 6.07) is 9.72. The second kappa shape index (κ2) is 10.9. The van der Waals surface area contributed by atoms with E-state index in [0.717, 1.165) is 29.4 Å². The van der Waals surface area contributed by atoms with Gasteiger partial charge in [-0.25, -0.2) is 0 Å². The van der Waals surface area contributed by atoms with Crippen molar-refractivity contribution in [1.82, 2.24) is 4.57 Å². The maximum Gasteiger partial charge on any atom is 0.189 e. The number of nitrogens with zero attached hydrogens (tertiary/aromatic N) is 1. The molecule has 2 heteroatoms. The third-order valence-electron chi connectivity index (χ3n) is 4.97. The number of para-hydroxylation sites is 1. The summed E-state index contributed by atoms with van der Waals surface area (Å²) >= 11 is 0. The quantitative estimate of drug-likeness (QED) is 0.354. The Hall–Kier alpha value is -1.83. The zero-order chi connectivity index (χ0) is 17.9. The van der Waals surface area contributed by atoms with Gasteiger partial charge in [0.25, 0.3) is 0 Å². The van der Waals surface area contributed by atoms with E-state index in [9.17, 15) is 4.79 Å². The highest BCUT2D eigenvalue weighted by molar-refractivity contribution is 5.79. The molecule has 2 aromatic rings. The Balaban J connectivity index is 1.67. The second-order valence-electron chi connectivity index (χ2n) is 6.97. The summed E-state index contributed by atoms with van der Waals surface area (Å²) in [5.41, 5.74) is 2.36. The van der Waals surface area contributed by atoms with Crippen molar-refractivity contribution in [2.45, 2.75) is 71.1 Å². The molecule has 0 radical (unpaired) electrons. The number of aryl methyl sites for hydroxylation is 2. The molecule has 25 heavy (non-hydrogen) atoms. The fourth-order valence-corrected chi connectivity index (χ4v) is 3.43. The summed E-state index contributed by atoms with van der Waals surface area (Å²) < 4.78 is 2.18. The van der Waals surface area contributed by atoms with E-state index >= 15 is 0 Å². The zero-order valence-electron chi connectivity index (χ0n) is 16.0. The topological polar surface area (TPSA) is 22.0 Å². The van der Waals surface area contributed by atoms with Crippen LogP contribution in [0.25, 0.3) is 10.9 Å². The molecule has 136 valence electrons. The average Bonchev–Trinajstić information content (AvgIpc) is 2.63. The van der Waals surface area contributed by atoms with Crippen molar-refractivity contribution in [3.05, 3.63) is 58.4 Å². The van der Waals surface area contributed by atoms with Crippen molar-refractivity contribution < 1.29 is 0 Å². The Labute approximate surface area is 152 Å². The molecule has 0 spiro atoms. The smallest absolute Gasteiger partial charge is 0.189 e. The Morgan fingerprint density at radius 3 is 2.36 bits per heavy atom. The summed E-state index contributed by atoms with van der Waals surface area (Å²) in [7, 11) is 2.07. The molecule has 0 saturated carbocycles. The first-order valence-electron chi connectivity index (χ1n) is 9.96. The van der Waals surface area contributed by atoms with Crippen molar-refractivity contribution in [3.8, 4) is 0 Å². The minimum Gasteiger partial charge on any atom is -0.347 e. The number of unbranched alkanes of at least 4 members (excludes halogenated alkanes) is 7. The fourth-order valence-electron chi connectivity index (χ4n) is 3.43. The summed E-state index contributed by atoms with van der Waals surface area (Å²) in [6.07, 6.45) is 17.1. The monoisotopic (exact) mass is 339 g/mol. The molecular formula is C23H33NO. The summed E-state index contributed by atoms with van der Waals surface area (Å²) in [5.74, 6) is 0. The van der Waals surface area contributed by atoms with Crippen LogP contribution in [-0.4, -0.2) is 4.57 Å². The average molecular weight is 340 g/mol. The van der Waals surface area contributed by atoms with E-state index in [0.29, 0.717) is 0 Å². The number of fused-ring (bicyclic) bond motifs is 1. The molecule has 2 nitrogen and oxygen atoms in total. The molecule has 0 saturated heterocycles. The molecule has 0 atom stereocenters. The van der Waals surface area contributed by atoms with Crippen LogP contribution in [0.15, 0.2) is 47.3 Å². The van der Waals surface area contributed by atoms with Crippen molar-refractivity contribution >= 4 is 10.9 Å². The van der Waals surface area contributed by atoms with Gasteiger partial charge < -0.3 is 4.57 Å². The second-order valence-corrected chi connectivity index (χ2v) is 6.97. The Bertz CT molecular complexity index is 726. The molecule has 0 fully saturated rings. The zero-order valence-corrected chi connectivity index (χ0v) is 16.0. The lowest BCUT2D eigenvalue weighted by molar-refractivity contribution is 0.576. The molecule has 0 aliphatic rings. The molecule has 1 heterocycles. The van der Waals surface area contributed by atoms with Crippen molar-refractivity contribution in [1.29, 1.82) is 0 Å². The van der Waals surface area contributed by atoms with Crippen molar-refractivity contribution in [3.63, 3.8) is 0 Å². The minimum atomic E-state index is 0.154. The standard InChI is InChI=1S/C23H33NO/c1-3-4-5-6-7-8-9-10-11-12-13-16-20-19-23(25)21-17-14-15-18-22(21)24(20)2/h4-5,14-15,17-19H,3,6-13,16H2,1-2H3/b5-4-. The van der Waals surface area contributed by atoms with Crippen LogP contribution in [0.5, 0.6) is 0 Å². The van der Waals surface area contributed by atoms with Gasteiger partial charge in [0, 0.05) is 24.2 Å². The van der Waals surface area contributed by atoms with Gasteiger partial charge in [-0.2, -0.15) is 0 Å². The highest BCUT2D eigenvalue weighted by Crippen LogP contribution is 2.14. The van der Waals surface area contributed by atoms with Gasteiger partial charge in [-0.3, -0.25) is 4.79 Å². The number of pyridine rings is 1. The van der Waals surface area contributed by atoms with E-state index in [2.05, 4.69) is 30.7 Å². The SMILES string of the molecule is CC/C=C\CCCCCCCCCc1cc(=O)c2ccccc2n1C. The molecule has 0 N–H and O–H groups in total.